The van der Waals surface area contributed by atoms with Crippen molar-refractivity contribution < 1.29 is 8.95 Å². The number of halogens is 2. The first-order valence-corrected chi connectivity index (χ1v) is 8.60. The molecule has 0 radical (unpaired) electrons. The molecule has 0 saturated carbocycles. The topological polar surface area (TPSA) is 26.3 Å². The van der Waals surface area contributed by atoms with Gasteiger partial charge in [-0.2, -0.15) is 0 Å². The second kappa shape index (κ2) is 8.96. The van der Waals surface area contributed by atoms with E-state index in [1.807, 2.05) is 13.0 Å². The van der Waals surface area contributed by atoms with Gasteiger partial charge in [-0.3, -0.25) is 4.21 Å². The molecule has 0 heterocycles. The highest BCUT2D eigenvalue weighted by atomic mass is 35.5. The van der Waals surface area contributed by atoms with Gasteiger partial charge in [-0.15, -0.1) is 0 Å². The molecule has 1 aromatic rings. The van der Waals surface area contributed by atoms with Crippen LogP contribution in [0.3, 0.4) is 0 Å². The third-order valence-corrected chi connectivity index (χ3v) is 5.25. The standard InChI is InChI=1S/C14H20Cl2O2S/c1-3-4-7-18-8-9-19(17)11(2)12-5-6-13(15)14(16)10-12/h5-6,10-11H,3-4,7-9H2,1-2H3/t11-,19+/m0/s1. The molecule has 2 atom stereocenters. The van der Waals surface area contributed by atoms with Gasteiger partial charge in [-0.1, -0.05) is 42.6 Å². The van der Waals surface area contributed by atoms with E-state index >= 15 is 0 Å². The highest BCUT2D eigenvalue weighted by Gasteiger charge is 2.14. The molecular formula is C14H20Cl2O2S. The number of hydrogen-bond donors (Lipinski definition) is 0. The first-order chi connectivity index (χ1) is 9.06. The zero-order chi connectivity index (χ0) is 14.3. The Labute approximate surface area is 127 Å². The molecule has 0 bridgehead atoms. The Bertz CT molecular complexity index is 424. The molecule has 1 rings (SSSR count). The first kappa shape index (κ1) is 17.0. The third kappa shape index (κ3) is 5.82. The summed E-state index contributed by atoms with van der Waals surface area (Å²) >= 11 is 11.8. The molecular weight excluding hydrogens is 303 g/mol. The summed E-state index contributed by atoms with van der Waals surface area (Å²) in [6, 6.07) is 5.39. The van der Waals surface area contributed by atoms with Gasteiger partial charge < -0.3 is 4.74 Å². The molecule has 5 heteroatoms. The molecule has 0 saturated heterocycles. The van der Waals surface area contributed by atoms with E-state index < -0.39 is 10.8 Å². The number of benzene rings is 1. The lowest BCUT2D eigenvalue weighted by Crippen LogP contribution is -2.12. The van der Waals surface area contributed by atoms with Crippen LogP contribution in [0, 0.1) is 0 Å². The van der Waals surface area contributed by atoms with E-state index in [-0.39, 0.29) is 5.25 Å². The summed E-state index contributed by atoms with van der Waals surface area (Å²) in [5.41, 5.74) is 0.946. The quantitative estimate of drug-likeness (QED) is 0.653. The lowest BCUT2D eigenvalue weighted by Gasteiger charge is -2.13. The van der Waals surface area contributed by atoms with Crippen molar-refractivity contribution in [1.29, 1.82) is 0 Å². The van der Waals surface area contributed by atoms with E-state index in [1.165, 1.54) is 0 Å². The summed E-state index contributed by atoms with van der Waals surface area (Å²) in [6.07, 6.45) is 2.16. The fraction of sp³-hybridized carbons (Fsp3) is 0.571. The van der Waals surface area contributed by atoms with Crippen molar-refractivity contribution >= 4 is 34.0 Å². The van der Waals surface area contributed by atoms with Crippen LogP contribution in [0.5, 0.6) is 0 Å². The summed E-state index contributed by atoms with van der Waals surface area (Å²) in [6.45, 7) is 5.34. The molecule has 0 aromatic heterocycles. The maximum atomic E-state index is 12.1. The van der Waals surface area contributed by atoms with Crippen molar-refractivity contribution in [3.63, 3.8) is 0 Å². The van der Waals surface area contributed by atoms with Gasteiger partial charge in [0.2, 0.25) is 0 Å². The van der Waals surface area contributed by atoms with Crippen LogP contribution in [0.15, 0.2) is 18.2 Å². The van der Waals surface area contributed by atoms with E-state index in [9.17, 15) is 4.21 Å². The molecule has 0 aliphatic carbocycles. The van der Waals surface area contributed by atoms with E-state index in [4.69, 9.17) is 27.9 Å². The van der Waals surface area contributed by atoms with Crippen LogP contribution in [0.2, 0.25) is 10.0 Å². The number of ether oxygens (including phenoxy) is 1. The molecule has 1 aromatic carbocycles. The van der Waals surface area contributed by atoms with Crippen LogP contribution >= 0.6 is 23.2 Å². The summed E-state index contributed by atoms with van der Waals surface area (Å²) in [5, 5.41) is 0.957. The van der Waals surface area contributed by atoms with Crippen LogP contribution in [-0.4, -0.2) is 23.2 Å². The smallest absolute Gasteiger partial charge is 0.0595 e. The van der Waals surface area contributed by atoms with Crippen molar-refractivity contribution in [2.75, 3.05) is 19.0 Å². The van der Waals surface area contributed by atoms with E-state index in [0.29, 0.717) is 22.4 Å². The van der Waals surface area contributed by atoms with Crippen molar-refractivity contribution in [2.45, 2.75) is 31.9 Å². The summed E-state index contributed by atoms with van der Waals surface area (Å²) in [7, 11) is -0.963. The molecule has 0 amide bonds. The molecule has 0 N–H and O–H groups in total. The zero-order valence-corrected chi connectivity index (χ0v) is 13.7. The minimum Gasteiger partial charge on any atom is -0.380 e. The van der Waals surface area contributed by atoms with Gasteiger partial charge in [0.25, 0.3) is 0 Å². The molecule has 0 fully saturated rings. The fourth-order valence-electron chi connectivity index (χ4n) is 1.58. The van der Waals surface area contributed by atoms with E-state index in [1.54, 1.807) is 12.1 Å². The lowest BCUT2D eigenvalue weighted by molar-refractivity contribution is 0.146. The Morgan fingerprint density at radius 3 is 2.63 bits per heavy atom. The van der Waals surface area contributed by atoms with Gasteiger partial charge in [0, 0.05) is 23.2 Å². The van der Waals surface area contributed by atoms with Crippen LogP contribution in [-0.2, 0) is 15.5 Å². The minimum absolute atomic E-state index is 0.0652. The van der Waals surface area contributed by atoms with Crippen LogP contribution in [0.1, 0.15) is 37.5 Å². The van der Waals surface area contributed by atoms with Crippen LogP contribution in [0.4, 0.5) is 0 Å². The summed E-state index contributed by atoms with van der Waals surface area (Å²) in [5.74, 6) is 0.547. The van der Waals surface area contributed by atoms with Gasteiger partial charge in [-0.25, -0.2) is 0 Å². The van der Waals surface area contributed by atoms with Crippen molar-refractivity contribution in [1.82, 2.24) is 0 Å². The predicted molar refractivity (Wildman–Crippen MR) is 83.6 cm³/mol. The fourth-order valence-corrected chi connectivity index (χ4v) is 2.98. The van der Waals surface area contributed by atoms with Crippen LogP contribution < -0.4 is 0 Å². The zero-order valence-electron chi connectivity index (χ0n) is 11.3. The Balaban J connectivity index is 2.45. The Morgan fingerprint density at radius 1 is 1.26 bits per heavy atom. The number of rotatable bonds is 8. The van der Waals surface area contributed by atoms with Crippen LogP contribution in [0.25, 0.3) is 0 Å². The van der Waals surface area contributed by atoms with Gasteiger partial charge in [0.05, 0.1) is 21.9 Å². The van der Waals surface area contributed by atoms with E-state index in [0.717, 1.165) is 25.0 Å². The van der Waals surface area contributed by atoms with Crippen molar-refractivity contribution in [3.8, 4) is 0 Å². The molecule has 108 valence electrons. The summed E-state index contributed by atoms with van der Waals surface area (Å²) < 4.78 is 17.6. The first-order valence-electron chi connectivity index (χ1n) is 6.46. The van der Waals surface area contributed by atoms with Gasteiger partial charge in [-0.05, 0) is 31.0 Å². The second-order valence-corrected chi connectivity index (χ2v) is 7.06. The third-order valence-electron chi connectivity index (χ3n) is 2.88. The van der Waals surface area contributed by atoms with E-state index in [2.05, 4.69) is 6.92 Å². The molecule has 2 nitrogen and oxygen atoms in total. The molecule has 19 heavy (non-hydrogen) atoms. The highest BCUT2D eigenvalue weighted by Crippen LogP contribution is 2.27. The monoisotopic (exact) mass is 322 g/mol. The SMILES string of the molecule is CCCCOCC[S@@](=O)[C@@H](C)c1ccc(Cl)c(Cl)c1. The Kier molecular flexibility index (Phi) is 8.00. The van der Waals surface area contributed by atoms with Gasteiger partial charge in [0.1, 0.15) is 0 Å². The van der Waals surface area contributed by atoms with Gasteiger partial charge >= 0.3 is 0 Å². The molecule has 0 aliphatic heterocycles. The minimum atomic E-state index is -0.963. The predicted octanol–water partition coefficient (Wildman–Crippen LogP) is 4.62. The Morgan fingerprint density at radius 2 is 2.00 bits per heavy atom. The van der Waals surface area contributed by atoms with Crippen molar-refractivity contribution in [2.24, 2.45) is 0 Å². The molecule has 0 spiro atoms. The average molecular weight is 323 g/mol. The average Bonchev–Trinajstić information content (AvgIpc) is 2.40. The normalized spacial score (nSPS) is 14.3. The number of unbranched alkanes of at least 4 members (excludes halogenated alkanes) is 1. The maximum Gasteiger partial charge on any atom is 0.0595 e. The summed E-state index contributed by atoms with van der Waals surface area (Å²) in [4.78, 5) is 0. The highest BCUT2D eigenvalue weighted by molar-refractivity contribution is 7.85. The molecule has 0 unspecified atom stereocenters. The van der Waals surface area contributed by atoms with Crippen molar-refractivity contribution in [3.05, 3.63) is 33.8 Å². The Hall–Kier alpha value is -0.0900. The largest absolute Gasteiger partial charge is 0.380 e. The number of hydrogen-bond acceptors (Lipinski definition) is 2. The maximum absolute atomic E-state index is 12.1. The molecule has 0 aliphatic rings. The van der Waals surface area contributed by atoms with Gasteiger partial charge in [0.15, 0.2) is 0 Å². The lowest BCUT2D eigenvalue weighted by atomic mass is 10.2. The second-order valence-electron chi connectivity index (χ2n) is 4.37.